The fourth-order valence-electron chi connectivity index (χ4n) is 1.19. The second-order valence-corrected chi connectivity index (χ2v) is 2.65. The quantitative estimate of drug-likeness (QED) is 0.547. The summed E-state index contributed by atoms with van der Waals surface area (Å²) in [6.45, 7) is 5.66. The van der Waals surface area contributed by atoms with Crippen LogP contribution in [0.25, 0.3) is 0 Å². The molecule has 1 unspecified atom stereocenters. The highest BCUT2D eigenvalue weighted by atomic mass is 16.5. The molecule has 2 heteroatoms. The molecular formula is C8H12O2. The zero-order valence-corrected chi connectivity index (χ0v) is 6.22. The van der Waals surface area contributed by atoms with Gasteiger partial charge in [0.1, 0.15) is 5.76 Å². The molecule has 0 radical (unpaired) electrons. The maximum absolute atomic E-state index is 10.9. The highest BCUT2D eigenvalue weighted by Gasteiger charge is 2.28. The van der Waals surface area contributed by atoms with Crippen LogP contribution in [0.2, 0.25) is 0 Å². The molecule has 1 heterocycles. The number of esters is 1. The van der Waals surface area contributed by atoms with Crippen molar-refractivity contribution < 1.29 is 9.53 Å². The molecule has 0 N–H and O–H groups in total. The van der Waals surface area contributed by atoms with Crippen molar-refractivity contribution in [1.29, 1.82) is 0 Å². The molecule has 1 fully saturated rings. The second kappa shape index (κ2) is 2.86. The van der Waals surface area contributed by atoms with E-state index in [1.54, 1.807) is 0 Å². The van der Waals surface area contributed by atoms with Gasteiger partial charge >= 0.3 is 5.97 Å². The van der Waals surface area contributed by atoms with Crippen LogP contribution in [0.3, 0.4) is 0 Å². The van der Waals surface area contributed by atoms with E-state index in [-0.39, 0.29) is 11.9 Å². The first-order valence-electron chi connectivity index (χ1n) is 3.63. The fraction of sp³-hybridized carbons (Fsp3) is 0.625. The summed E-state index contributed by atoms with van der Waals surface area (Å²) < 4.78 is 4.79. The van der Waals surface area contributed by atoms with Crippen LogP contribution in [0.4, 0.5) is 0 Å². The monoisotopic (exact) mass is 140 g/mol. The van der Waals surface area contributed by atoms with E-state index in [1.165, 1.54) is 0 Å². The first-order valence-corrected chi connectivity index (χ1v) is 3.63. The molecule has 56 valence electrons. The Morgan fingerprint density at radius 3 is 2.90 bits per heavy atom. The Labute approximate surface area is 60.9 Å². The fourth-order valence-corrected chi connectivity index (χ4v) is 1.19. The van der Waals surface area contributed by atoms with Gasteiger partial charge in [-0.3, -0.25) is 4.79 Å². The van der Waals surface area contributed by atoms with Crippen LogP contribution in [0.15, 0.2) is 12.3 Å². The summed E-state index contributed by atoms with van der Waals surface area (Å²) in [5, 5.41) is 0. The number of cyclic esters (lactones) is 1. The van der Waals surface area contributed by atoms with Crippen LogP contribution in [0.1, 0.15) is 26.2 Å². The van der Waals surface area contributed by atoms with Crippen molar-refractivity contribution in [3.63, 3.8) is 0 Å². The average Bonchev–Trinajstić information content (AvgIpc) is 2.13. The van der Waals surface area contributed by atoms with E-state index in [2.05, 4.69) is 13.5 Å². The van der Waals surface area contributed by atoms with Gasteiger partial charge in [0.15, 0.2) is 0 Å². The highest BCUT2D eigenvalue weighted by molar-refractivity contribution is 5.76. The number of carbonyl (C=O) groups is 1. The van der Waals surface area contributed by atoms with E-state index in [0.717, 1.165) is 19.3 Å². The van der Waals surface area contributed by atoms with Gasteiger partial charge in [-0.2, -0.15) is 0 Å². The van der Waals surface area contributed by atoms with Crippen molar-refractivity contribution in [2.24, 2.45) is 5.92 Å². The van der Waals surface area contributed by atoms with Crippen molar-refractivity contribution in [1.82, 2.24) is 0 Å². The molecule has 10 heavy (non-hydrogen) atoms. The lowest BCUT2D eigenvalue weighted by molar-refractivity contribution is -0.139. The zero-order valence-electron chi connectivity index (χ0n) is 6.22. The number of rotatable bonds is 2. The lowest BCUT2D eigenvalue weighted by Crippen LogP contribution is -2.06. The van der Waals surface area contributed by atoms with Crippen LogP contribution in [0, 0.1) is 5.92 Å². The number of hydrogen-bond donors (Lipinski definition) is 0. The minimum absolute atomic E-state index is 0.0909. The Hall–Kier alpha value is -0.790. The normalized spacial score (nSPS) is 25.1. The minimum Gasteiger partial charge on any atom is -0.431 e. The summed E-state index contributed by atoms with van der Waals surface area (Å²) in [5.41, 5.74) is 0. The Bertz CT molecular complexity index is 161. The molecule has 0 amide bonds. The molecule has 1 atom stereocenters. The van der Waals surface area contributed by atoms with Crippen LogP contribution >= 0.6 is 0 Å². The highest BCUT2D eigenvalue weighted by Crippen LogP contribution is 2.26. The molecule has 0 aromatic heterocycles. The molecule has 1 saturated heterocycles. The Morgan fingerprint density at radius 1 is 1.80 bits per heavy atom. The molecule has 0 aliphatic carbocycles. The summed E-state index contributed by atoms with van der Waals surface area (Å²) >= 11 is 0. The lowest BCUT2D eigenvalue weighted by atomic mass is 10.0. The smallest absolute Gasteiger partial charge is 0.314 e. The SMILES string of the molecule is C=C1CC(CCC)C(=O)O1. The summed E-state index contributed by atoms with van der Waals surface area (Å²) in [7, 11) is 0. The first kappa shape index (κ1) is 7.32. The number of hydrogen-bond acceptors (Lipinski definition) is 2. The maximum Gasteiger partial charge on any atom is 0.314 e. The molecular weight excluding hydrogens is 128 g/mol. The molecule has 0 bridgehead atoms. The van der Waals surface area contributed by atoms with Gasteiger partial charge in [-0.25, -0.2) is 0 Å². The van der Waals surface area contributed by atoms with Crippen molar-refractivity contribution in [2.45, 2.75) is 26.2 Å². The molecule has 0 aromatic rings. The number of allylic oxidation sites excluding steroid dienone is 1. The Kier molecular flexibility index (Phi) is 2.10. The van der Waals surface area contributed by atoms with Crippen molar-refractivity contribution in [3.8, 4) is 0 Å². The third-order valence-electron chi connectivity index (χ3n) is 1.69. The van der Waals surface area contributed by atoms with Crippen LogP contribution in [0.5, 0.6) is 0 Å². The Morgan fingerprint density at radius 2 is 2.50 bits per heavy atom. The van der Waals surface area contributed by atoms with Gasteiger partial charge in [-0.1, -0.05) is 19.9 Å². The summed E-state index contributed by atoms with van der Waals surface area (Å²) in [4.78, 5) is 10.9. The van der Waals surface area contributed by atoms with Crippen molar-refractivity contribution >= 4 is 5.97 Å². The van der Waals surface area contributed by atoms with Crippen LogP contribution in [-0.4, -0.2) is 5.97 Å². The maximum atomic E-state index is 10.9. The summed E-state index contributed by atoms with van der Waals surface area (Å²) in [5.74, 6) is 0.632. The van der Waals surface area contributed by atoms with Crippen molar-refractivity contribution in [3.05, 3.63) is 12.3 Å². The van der Waals surface area contributed by atoms with E-state index in [0.29, 0.717) is 5.76 Å². The van der Waals surface area contributed by atoms with Gasteiger partial charge in [-0.05, 0) is 6.42 Å². The van der Waals surface area contributed by atoms with E-state index >= 15 is 0 Å². The van der Waals surface area contributed by atoms with Crippen LogP contribution < -0.4 is 0 Å². The number of carbonyl (C=O) groups excluding carboxylic acids is 1. The minimum atomic E-state index is -0.0909. The zero-order chi connectivity index (χ0) is 7.56. The van der Waals surface area contributed by atoms with Gasteiger partial charge in [-0.15, -0.1) is 0 Å². The van der Waals surface area contributed by atoms with Gasteiger partial charge in [0.05, 0.1) is 5.92 Å². The third-order valence-corrected chi connectivity index (χ3v) is 1.69. The third kappa shape index (κ3) is 1.38. The molecule has 0 saturated carbocycles. The van der Waals surface area contributed by atoms with E-state index in [1.807, 2.05) is 0 Å². The molecule has 1 rings (SSSR count). The summed E-state index contributed by atoms with van der Waals surface area (Å²) in [6, 6.07) is 0. The lowest BCUT2D eigenvalue weighted by Gasteiger charge is -1.98. The van der Waals surface area contributed by atoms with E-state index in [9.17, 15) is 4.79 Å². The van der Waals surface area contributed by atoms with E-state index < -0.39 is 0 Å². The summed E-state index contributed by atoms with van der Waals surface area (Å²) in [6.07, 6.45) is 2.69. The van der Waals surface area contributed by atoms with Gasteiger partial charge < -0.3 is 4.74 Å². The first-order chi connectivity index (χ1) is 4.74. The molecule has 1 aliphatic heterocycles. The predicted octanol–water partition coefficient (Wildman–Crippen LogP) is 1.86. The predicted molar refractivity (Wildman–Crippen MR) is 38.2 cm³/mol. The molecule has 1 aliphatic rings. The topological polar surface area (TPSA) is 26.3 Å². The van der Waals surface area contributed by atoms with Crippen molar-refractivity contribution in [2.75, 3.05) is 0 Å². The van der Waals surface area contributed by atoms with Gasteiger partial charge in [0.25, 0.3) is 0 Å². The molecule has 0 aromatic carbocycles. The largest absolute Gasteiger partial charge is 0.431 e. The van der Waals surface area contributed by atoms with Gasteiger partial charge in [0.2, 0.25) is 0 Å². The number of ether oxygens (including phenoxy) is 1. The standard InChI is InChI=1S/C8H12O2/c1-3-4-7-5-6(2)10-8(7)9/h7H,2-5H2,1H3. The van der Waals surface area contributed by atoms with Gasteiger partial charge in [0, 0.05) is 6.42 Å². The van der Waals surface area contributed by atoms with Crippen LogP contribution in [-0.2, 0) is 9.53 Å². The molecule has 0 spiro atoms. The molecule has 2 nitrogen and oxygen atoms in total. The second-order valence-electron chi connectivity index (χ2n) is 2.65. The van der Waals surface area contributed by atoms with E-state index in [4.69, 9.17) is 4.74 Å². The Balaban J connectivity index is 2.46. The average molecular weight is 140 g/mol.